The van der Waals surface area contributed by atoms with Gasteiger partial charge in [-0.25, -0.2) is 0 Å². The van der Waals surface area contributed by atoms with Crippen LogP contribution >= 0.6 is 0 Å². The fourth-order valence-electron chi connectivity index (χ4n) is 1.17. The molecular formula is C12H16O2. The van der Waals surface area contributed by atoms with E-state index in [1.54, 1.807) is 13.2 Å². The lowest BCUT2D eigenvalue weighted by molar-refractivity contribution is 0.230. The molecule has 2 heteroatoms. The van der Waals surface area contributed by atoms with Crippen LogP contribution in [-0.2, 0) is 0 Å². The molecule has 0 atom stereocenters. The molecule has 0 aliphatic carbocycles. The molecule has 0 bridgehead atoms. The molecule has 0 spiro atoms. The summed E-state index contributed by atoms with van der Waals surface area (Å²) in [6.45, 7) is 7.68. The molecule has 1 aromatic carbocycles. The van der Waals surface area contributed by atoms with Crippen LogP contribution in [0.4, 0.5) is 0 Å². The molecule has 0 amide bonds. The molecule has 0 saturated heterocycles. The Balaban J connectivity index is 3.01. The van der Waals surface area contributed by atoms with Gasteiger partial charge in [-0.05, 0) is 31.5 Å². The molecule has 0 aromatic heterocycles. The Bertz CT molecular complexity index is 316. The van der Waals surface area contributed by atoms with Gasteiger partial charge in [0.05, 0.1) is 13.2 Å². The van der Waals surface area contributed by atoms with Gasteiger partial charge in [0, 0.05) is 0 Å². The number of rotatable bonds is 4. The Morgan fingerprint density at radius 2 is 2.00 bits per heavy atom. The van der Waals surface area contributed by atoms with E-state index in [-0.39, 0.29) is 6.10 Å². The smallest absolute Gasteiger partial charge is 0.162 e. The third kappa shape index (κ3) is 2.52. The fourth-order valence-corrected chi connectivity index (χ4v) is 1.17. The normalized spacial score (nSPS) is 10.0. The van der Waals surface area contributed by atoms with Gasteiger partial charge in [0.15, 0.2) is 11.5 Å². The maximum Gasteiger partial charge on any atom is 0.162 e. The molecule has 76 valence electrons. The Morgan fingerprint density at radius 1 is 1.29 bits per heavy atom. The molecule has 1 rings (SSSR count). The lowest BCUT2D eigenvalue weighted by Crippen LogP contribution is -2.06. The summed E-state index contributed by atoms with van der Waals surface area (Å²) in [6, 6.07) is 5.75. The van der Waals surface area contributed by atoms with Gasteiger partial charge in [-0.3, -0.25) is 0 Å². The van der Waals surface area contributed by atoms with Crippen LogP contribution in [0.2, 0.25) is 0 Å². The standard InChI is InChI=1S/C12H16O2/c1-5-10-6-7-11(13-4)12(8-10)14-9(2)3/h5-9H,1H2,2-4H3. The van der Waals surface area contributed by atoms with Crippen molar-refractivity contribution in [2.75, 3.05) is 7.11 Å². The Hall–Kier alpha value is -1.44. The van der Waals surface area contributed by atoms with Crippen LogP contribution in [0.5, 0.6) is 11.5 Å². The van der Waals surface area contributed by atoms with E-state index in [0.717, 1.165) is 17.1 Å². The number of methoxy groups -OCH3 is 1. The van der Waals surface area contributed by atoms with Crippen molar-refractivity contribution in [3.8, 4) is 11.5 Å². The molecule has 0 aliphatic heterocycles. The van der Waals surface area contributed by atoms with Gasteiger partial charge in [-0.15, -0.1) is 0 Å². The van der Waals surface area contributed by atoms with E-state index in [2.05, 4.69) is 6.58 Å². The van der Waals surface area contributed by atoms with Gasteiger partial charge in [0.1, 0.15) is 0 Å². The molecule has 2 nitrogen and oxygen atoms in total. The third-order valence-electron chi connectivity index (χ3n) is 1.79. The van der Waals surface area contributed by atoms with Gasteiger partial charge in [0.25, 0.3) is 0 Å². The summed E-state index contributed by atoms with van der Waals surface area (Å²) in [5.41, 5.74) is 1.03. The first-order chi connectivity index (χ1) is 6.67. The van der Waals surface area contributed by atoms with Gasteiger partial charge in [-0.2, -0.15) is 0 Å². The average molecular weight is 192 g/mol. The van der Waals surface area contributed by atoms with E-state index in [4.69, 9.17) is 9.47 Å². The molecule has 14 heavy (non-hydrogen) atoms. The fraction of sp³-hybridized carbons (Fsp3) is 0.333. The van der Waals surface area contributed by atoms with Gasteiger partial charge in [-0.1, -0.05) is 18.7 Å². The molecule has 0 saturated carbocycles. The topological polar surface area (TPSA) is 18.5 Å². The molecule has 0 heterocycles. The van der Waals surface area contributed by atoms with Crippen LogP contribution in [0.1, 0.15) is 19.4 Å². The molecule has 0 aliphatic rings. The largest absolute Gasteiger partial charge is 0.493 e. The molecule has 0 unspecified atom stereocenters. The second-order valence-corrected chi connectivity index (χ2v) is 3.28. The predicted octanol–water partition coefficient (Wildman–Crippen LogP) is 3.13. The van der Waals surface area contributed by atoms with Crippen molar-refractivity contribution in [3.05, 3.63) is 30.3 Å². The highest BCUT2D eigenvalue weighted by atomic mass is 16.5. The molecule has 0 fully saturated rings. The Morgan fingerprint density at radius 3 is 2.50 bits per heavy atom. The first kappa shape index (κ1) is 10.6. The van der Waals surface area contributed by atoms with E-state index in [9.17, 15) is 0 Å². The van der Waals surface area contributed by atoms with E-state index < -0.39 is 0 Å². The summed E-state index contributed by atoms with van der Waals surface area (Å²) in [6.07, 6.45) is 1.93. The van der Waals surface area contributed by atoms with Crippen LogP contribution in [0.25, 0.3) is 6.08 Å². The minimum Gasteiger partial charge on any atom is -0.493 e. The molecule has 0 N–H and O–H groups in total. The lowest BCUT2D eigenvalue weighted by Gasteiger charge is -2.13. The monoisotopic (exact) mass is 192 g/mol. The second kappa shape index (κ2) is 4.70. The van der Waals surface area contributed by atoms with Crippen LogP contribution in [0.3, 0.4) is 0 Å². The summed E-state index contributed by atoms with van der Waals surface area (Å²) < 4.78 is 10.8. The van der Waals surface area contributed by atoms with Crippen molar-refractivity contribution < 1.29 is 9.47 Å². The lowest BCUT2D eigenvalue weighted by atomic mass is 10.2. The van der Waals surface area contributed by atoms with Crippen LogP contribution in [-0.4, -0.2) is 13.2 Å². The van der Waals surface area contributed by atoms with Crippen LogP contribution in [0, 0.1) is 0 Å². The zero-order valence-corrected chi connectivity index (χ0v) is 8.91. The van der Waals surface area contributed by atoms with Crippen LogP contribution in [0.15, 0.2) is 24.8 Å². The number of benzene rings is 1. The summed E-state index contributed by atoms with van der Waals surface area (Å²) in [5, 5.41) is 0. The van der Waals surface area contributed by atoms with Gasteiger partial charge in [0.2, 0.25) is 0 Å². The van der Waals surface area contributed by atoms with Crippen LogP contribution < -0.4 is 9.47 Å². The summed E-state index contributed by atoms with van der Waals surface area (Å²) in [5.74, 6) is 1.52. The second-order valence-electron chi connectivity index (χ2n) is 3.28. The highest BCUT2D eigenvalue weighted by Gasteiger charge is 2.05. The van der Waals surface area contributed by atoms with E-state index in [1.807, 2.05) is 32.0 Å². The van der Waals surface area contributed by atoms with E-state index in [0.29, 0.717) is 0 Å². The van der Waals surface area contributed by atoms with E-state index >= 15 is 0 Å². The number of ether oxygens (including phenoxy) is 2. The van der Waals surface area contributed by atoms with Gasteiger partial charge < -0.3 is 9.47 Å². The SMILES string of the molecule is C=Cc1ccc(OC)c(OC(C)C)c1. The third-order valence-corrected chi connectivity index (χ3v) is 1.79. The maximum absolute atomic E-state index is 5.61. The minimum absolute atomic E-state index is 0.143. The van der Waals surface area contributed by atoms with Crippen molar-refractivity contribution >= 4 is 6.08 Å². The van der Waals surface area contributed by atoms with Crippen molar-refractivity contribution in [2.24, 2.45) is 0 Å². The van der Waals surface area contributed by atoms with Crippen molar-refractivity contribution in [2.45, 2.75) is 20.0 Å². The number of hydrogen-bond acceptors (Lipinski definition) is 2. The summed E-state index contributed by atoms with van der Waals surface area (Å²) >= 11 is 0. The van der Waals surface area contributed by atoms with Crippen molar-refractivity contribution in [3.63, 3.8) is 0 Å². The molecule has 0 radical (unpaired) electrons. The predicted molar refractivity (Wildman–Crippen MR) is 58.8 cm³/mol. The highest BCUT2D eigenvalue weighted by Crippen LogP contribution is 2.29. The zero-order valence-electron chi connectivity index (χ0n) is 8.91. The zero-order chi connectivity index (χ0) is 10.6. The Kier molecular flexibility index (Phi) is 3.57. The number of hydrogen-bond donors (Lipinski definition) is 0. The quantitative estimate of drug-likeness (QED) is 0.729. The maximum atomic E-state index is 5.61. The molecule has 1 aromatic rings. The summed E-state index contributed by atoms with van der Waals surface area (Å²) in [4.78, 5) is 0. The minimum atomic E-state index is 0.143. The average Bonchev–Trinajstić information content (AvgIpc) is 2.16. The summed E-state index contributed by atoms with van der Waals surface area (Å²) in [7, 11) is 1.64. The highest BCUT2D eigenvalue weighted by molar-refractivity contribution is 5.54. The van der Waals surface area contributed by atoms with Gasteiger partial charge >= 0.3 is 0 Å². The van der Waals surface area contributed by atoms with Crippen molar-refractivity contribution in [1.29, 1.82) is 0 Å². The van der Waals surface area contributed by atoms with Crippen molar-refractivity contribution in [1.82, 2.24) is 0 Å². The molecular weight excluding hydrogens is 176 g/mol. The van der Waals surface area contributed by atoms with E-state index in [1.165, 1.54) is 0 Å². The Labute approximate surface area is 85.2 Å². The first-order valence-corrected chi connectivity index (χ1v) is 4.64. The first-order valence-electron chi connectivity index (χ1n) is 4.64.